The monoisotopic (exact) mass is 637 g/mol. The number of benzene rings is 3. The molecule has 3 aromatic carbocycles. The summed E-state index contributed by atoms with van der Waals surface area (Å²) in [4.78, 5) is 28.5. The Bertz CT molecular complexity index is 1500. The SMILES string of the molecule is CCCCNC(=O)C(C)N(Cc1ccc(Cl)cc1Cl)C(=O)CN(c1cc(Cl)ccc1C)S(=O)(=O)c1ccc(C)cc1. The molecule has 2 amide bonds. The Hall–Kier alpha value is -2.78. The fourth-order valence-corrected chi connectivity index (χ4v) is 6.26. The first kappa shape index (κ1) is 32.7. The van der Waals surface area contributed by atoms with E-state index in [4.69, 9.17) is 34.8 Å². The molecule has 41 heavy (non-hydrogen) atoms. The van der Waals surface area contributed by atoms with Crippen molar-refractivity contribution in [2.75, 3.05) is 17.4 Å². The number of nitrogens with one attached hydrogen (secondary N) is 1. The van der Waals surface area contributed by atoms with Gasteiger partial charge in [0.15, 0.2) is 0 Å². The molecule has 3 aromatic rings. The van der Waals surface area contributed by atoms with Crippen molar-refractivity contribution in [1.82, 2.24) is 10.2 Å². The minimum atomic E-state index is -4.21. The highest BCUT2D eigenvalue weighted by molar-refractivity contribution is 7.92. The molecule has 0 bridgehead atoms. The molecule has 1 atom stereocenters. The fraction of sp³-hybridized carbons (Fsp3) is 0.333. The third-order valence-electron chi connectivity index (χ3n) is 6.68. The second-order valence-electron chi connectivity index (χ2n) is 9.83. The number of hydrogen-bond acceptors (Lipinski definition) is 4. The number of carbonyl (C=O) groups excluding carboxylic acids is 2. The van der Waals surface area contributed by atoms with Crippen LogP contribution < -0.4 is 9.62 Å². The van der Waals surface area contributed by atoms with Crippen molar-refractivity contribution in [3.8, 4) is 0 Å². The second-order valence-corrected chi connectivity index (χ2v) is 13.0. The van der Waals surface area contributed by atoms with Gasteiger partial charge in [0.05, 0.1) is 10.6 Å². The number of aryl methyl sites for hydroxylation is 2. The molecule has 1 N–H and O–H groups in total. The number of halogens is 3. The van der Waals surface area contributed by atoms with Crippen LogP contribution in [0.2, 0.25) is 15.1 Å². The van der Waals surface area contributed by atoms with E-state index in [1.165, 1.54) is 23.1 Å². The molecule has 0 aromatic heterocycles. The van der Waals surface area contributed by atoms with E-state index in [1.54, 1.807) is 56.3 Å². The van der Waals surface area contributed by atoms with Gasteiger partial charge < -0.3 is 10.2 Å². The normalized spacial score (nSPS) is 12.1. The van der Waals surface area contributed by atoms with Crippen LogP contribution in [0.15, 0.2) is 65.6 Å². The van der Waals surface area contributed by atoms with Gasteiger partial charge in [0.25, 0.3) is 10.0 Å². The summed E-state index contributed by atoms with van der Waals surface area (Å²) in [5.74, 6) is -0.951. The number of unbranched alkanes of at least 4 members (excludes halogenated alkanes) is 1. The molecule has 3 rings (SSSR count). The summed E-state index contributed by atoms with van der Waals surface area (Å²) >= 11 is 18.8. The van der Waals surface area contributed by atoms with E-state index in [1.807, 2.05) is 13.8 Å². The lowest BCUT2D eigenvalue weighted by molar-refractivity contribution is -0.139. The van der Waals surface area contributed by atoms with Crippen molar-refractivity contribution in [3.63, 3.8) is 0 Å². The van der Waals surface area contributed by atoms with Gasteiger partial charge in [-0.3, -0.25) is 13.9 Å². The Morgan fingerprint density at radius 1 is 0.927 bits per heavy atom. The molecule has 0 aliphatic heterocycles. The van der Waals surface area contributed by atoms with Gasteiger partial charge in [-0.05, 0) is 74.7 Å². The summed E-state index contributed by atoms with van der Waals surface area (Å²) < 4.78 is 29.0. The van der Waals surface area contributed by atoms with Crippen molar-refractivity contribution in [2.24, 2.45) is 0 Å². The van der Waals surface area contributed by atoms with Crippen LogP contribution in [0.4, 0.5) is 5.69 Å². The highest BCUT2D eigenvalue weighted by Gasteiger charge is 2.33. The van der Waals surface area contributed by atoms with Crippen molar-refractivity contribution in [1.29, 1.82) is 0 Å². The molecule has 0 fully saturated rings. The standard InChI is InChI=1S/C30H34Cl3N3O4S/c1-5-6-15-34-30(38)22(4)35(18-23-10-12-24(31)16-27(23)33)29(37)19-36(28-17-25(32)11-9-21(28)3)41(39,40)26-13-7-20(2)8-14-26/h7-14,16-17,22H,5-6,15,18-19H2,1-4H3,(H,34,38). The van der Waals surface area contributed by atoms with Crippen LogP contribution in [0.3, 0.4) is 0 Å². The largest absolute Gasteiger partial charge is 0.354 e. The highest BCUT2D eigenvalue weighted by Crippen LogP contribution is 2.30. The second kappa shape index (κ2) is 14.4. The van der Waals surface area contributed by atoms with Gasteiger partial charge in [0.2, 0.25) is 11.8 Å². The minimum absolute atomic E-state index is 0.0212. The summed E-state index contributed by atoms with van der Waals surface area (Å²) in [6.45, 7) is 7.05. The summed E-state index contributed by atoms with van der Waals surface area (Å²) in [6, 6.07) is 15.2. The fourth-order valence-electron chi connectivity index (χ4n) is 4.15. The lowest BCUT2D eigenvalue weighted by atomic mass is 10.1. The summed E-state index contributed by atoms with van der Waals surface area (Å²) in [5, 5.41) is 3.92. The molecular weight excluding hydrogens is 605 g/mol. The number of rotatable bonds is 12. The minimum Gasteiger partial charge on any atom is -0.354 e. The van der Waals surface area contributed by atoms with Gasteiger partial charge in [-0.2, -0.15) is 0 Å². The zero-order valence-electron chi connectivity index (χ0n) is 23.5. The Balaban J connectivity index is 2.06. The van der Waals surface area contributed by atoms with Gasteiger partial charge in [-0.15, -0.1) is 0 Å². The van der Waals surface area contributed by atoms with E-state index in [2.05, 4.69) is 5.32 Å². The lowest BCUT2D eigenvalue weighted by Crippen LogP contribution is -2.51. The summed E-state index contributed by atoms with van der Waals surface area (Å²) in [5.41, 5.74) is 2.32. The summed E-state index contributed by atoms with van der Waals surface area (Å²) in [6.07, 6.45) is 1.68. The number of sulfonamides is 1. The number of hydrogen-bond donors (Lipinski definition) is 1. The average Bonchev–Trinajstić information content (AvgIpc) is 2.92. The van der Waals surface area contributed by atoms with E-state index in [0.717, 1.165) is 22.7 Å². The van der Waals surface area contributed by atoms with E-state index in [9.17, 15) is 18.0 Å². The number of anilines is 1. The third-order valence-corrected chi connectivity index (χ3v) is 9.28. The maximum atomic E-state index is 14.1. The highest BCUT2D eigenvalue weighted by atomic mass is 35.5. The molecule has 11 heteroatoms. The van der Waals surface area contributed by atoms with Gasteiger partial charge in [0.1, 0.15) is 12.6 Å². The van der Waals surface area contributed by atoms with Gasteiger partial charge in [-0.1, -0.05) is 78.0 Å². The molecule has 0 heterocycles. The predicted octanol–water partition coefficient (Wildman–Crippen LogP) is 6.79. The lowest BCUT2D eigenvalue weighted by Gasteiger charge is -2.32. The number of nitrogens with zero attached hydrogens (tertiary/aromatic N) is 2. The van der Waals surface area contributed by atoms with Crippen LogP contribution in [-0.2, 0) is 26.2 Å². The van der Waals surface area contributed by atoms with Crippen LogP contribution in [-0.4, -0.2) is 44.3 Å². The Morgan fingerprint density at radius 3 is 2.20 bits per heavy atom. The molecule has 0 aliphatic carbocycles. The third kappa shape index (κ3) is 8.38. The molecule has 0 radical (unpaired) electrons. The van der Waals surface area contributed by atoms with Crippen LogP contribution in [0.5, 0.6) is 0 Å². The molecular formula is C30H34Cl3N3O4S. The maximum Gasteiger partial charge on any atom is 0.264 e. The Kier molecular flexibility index (Phi) is 11.5. The smallest absolute Gasteiger partial charge is 0.264 e. The average molecular weight is 639 g/mol. The first-order chi connectivity index (χ1) is 19.3. The number of amides is 2. The van der Waals surface area contributed by atoms with Gasteiger partial charge in [-0.25, -0.2) is 8.42 Å². The first-order valence-electron chi connectivity index (χ1n) is 13.2. The molecule has 7 nitrogen and oxygen atoms in total. The maximum absolute atomic E-state index is 14.1. The predicted molar refractivity (Wildman–Crippen MR) is 166 cm³/mol. The van der Waals surface area contributed by atoms with E-state index < -0.39 is 28.5 Å². The zero-order chi connectivity index (χ0) is 30.3. The van der Waals surface area contributed by atoms with E-state index in [0.29, 0.717) is 32.7 Å². The Morgan fingerprint density at radius 2 is 1.56 bits per heavy atom. The van der Waals surface area contributed by atoms with Crippen LogP contribution in [0.25, 0.3) is 0 Å². The van der Waals surface area contributed by atoms with E-state index in [-0.39, 0.29) is 23.0 Å². The molecule has 0 saturated carbocycles. The van der Waals surface area contributed by atoms with Crippen molar-refractivity contribution < 1.29 is 18.0 Å². The van der Waals surface area contributed by atoms with Gasteiger partial charge >= 0.3 is 0 Å². The number of carbonyl (C=O) groups is 2. The molecule has 0 aliphatic rings. The zero-order valence-corrected chi connectivity index (χ0v) is 26.5. The Labute approximate surface area is 257 Å². The quantitative estimate of drug-likeness (QED) is 0.221. The summed E-state index contributed by atoms with van der Waals surface area (Å²) in [7, 11) is -4.21. The van der Waals surface area contributed by atoms with Crippen LogP contribution >= 0.6 is 34.8 Å². The molecule has 0 saturated heterocycles. The van der Waals surface area contributed by atoms with Crippen LogP contribution in [0, 0.1) is 13.8 Å². The van der Waals surface area contributed by atoms with Crippen molar-refractivity contribution in [2.45, 2.75) is 58.0 Å². The molecule has 0 spiro atoms. The van der Waals surface area contributed by atoms with Gasteiger partial charge in [0, 0.05) is 28.2 Å². The van der Waals surface area contributed by atoms with Crippen LogP contribution in [0.1, 0.15) is 43.4 Å². The topological polar surface area (TPSA) is 86.8 Å². The van der Waals surface area contributed by atoms with Crippen molar-refractivity contribution in [3.05, 3.63) is 92.4 Å². The molecule has 1 unspecified atom stereocenters. The van der Waals surface area contributed by atoms with E-state index >= 15 is 0 Å². The first-order valence-corrected chi connectivity index (χ1v) is 15.8. The molecule has 220 valence electrons. The van der Waals surface area contributed by atoms with Crippen molar-refractivity contribution >= 4 is 62.3 Å².